The van der Waals surface area contributed by atoms with Crippen LogP contribution in [-0.2, 0) is 4.79 Å². The normalized spacial score (nSPS) is 22.1. The molecule has 114 valence electrons. The maximum atomic E-state index is 11.2. The lowest BCUT2D eigenvalue weighted by molar-refractivity contribution is -0.130. The molecule has 0 aromatic heterocycles. The Kier molecular flexibility index (Phi) is 5.64. The van der Waals surface area contributed by atoms with E-state index in [9.17, 15) is 4.79 Å². The fourth-order valence-corrected chi connectivity index (χ4v) is 2.82. The van der Waals surface area contributed by atoms with Crippen LogP contribution in [0.15, 0.2) is 4.99 Å². The summed E-state index contributed by atoms with van der Waals surface area (Å²) in [5, 5.41) is 0. The maximum absolute atomic E-state index is 11.2. The van der Waals surface area contributed by atoms with Crippen LogP contribution in [-0.4, -0.2) is 78.9 Å². The minimum Gasteiger partial charge on any atom is -0.370 e. The molecule has 2 saturated heterocycles. The third-order valence-electron chi connectivity index (χ3n) is 4.19. The highest BCUT2D eigenvalue weighted by Gasteiger charge is 2.18. The molecular weight excluding hydrogens is 254 g/mol. The molecule has 0 unspecified atom stereocenters. The quantitative estimate of drug-likeness (QED) is 0.582. The van der Waals surface area contributed by atoms with Crippen LogP contribution in [0.3, 0.4) is 0 Å². The number of rotatable bonds is 3. The molecule has 0 saturated carbocycles. The van der Waals surface area contributed by atoms with Crippen molar-refractivity contribution in [2.45, 2.75) is 26.2 Å². The molecule has 2 aliphatic rings. The molecule has 0 atom stereocenters. The van der Waals surface area contributed by atoms with Gasteiger partial charge in [-0.3, -0.25) is 14.7 Å². The highest BCUT2D eigenvalue weighted by molar-refractivity contribution is 5.78. The molecule has 0 aromatic carbocycles. The van der Waals surface area contributed by atoms with Gasteiger partial charge in [-0.2, -0.15) is 0 Å². The Morgan fingerprint density at radius 2 is 1.65 bits per heavy atom. The molecule has 1 amide bonds. The summed E-state index contributed by atoms with van der Waals surface area (Å²) in [6.45, 7) is 8.97. The van der Waals surface area contributed by atoms with Crippen LogP contribution in [0.4, 0.5) is 0 Å². The number of piperazine rings is 1. The number of hydrogen-bond donors (Lipinski definition) is 1. The van der Waals surface area contributed by atoms with Gasteiger partial charge in [0.15, 0.2) is 5.96 Å². The number of guanidine groups is 1. The van der Waals surface area contributed by atoms with Gasteiger partial charge in [0.05, 0.1) is 6.54 Å². The van der Waals surface area contributed by atoms with E-state index in [4.69, 9.17) is 5.73 Å². The molecule has 0 aliphatic carbocycles. The summed E-state index contributed by atoms with van der Waals surface area (Å²) < 4.78 is 0. The lowest BCUT2D eigenvalue weighted by Gasteiger charge is -2.34. The van der Waals surface area contributed by atoms with Crippen molar-refractivity contribution in [2.75, 3.05) is 52.4 Å². The van der Waals surface area contributed by atoms with Crippen LogP contribution >= 0.6 is 0 Å². The summed E-state index contributed by atoms with van der Waals surface area (Å²) in [5.74, 6) is 0.879. The first-order chi connectivity index (χ1) is 9.66. The molecule has 6 heteroatoms. The Bertz CT molecular complexity index is 343. The van der Waals surface area contributed by atoms with Crippen molar-refractivity contribution in [1.29, 1.82) is 0 Å². The van der Waals surface area contributed by atoms with Crippen LogP contribution in [0.1, 0.15) is 26.2 Å². The smallest absolute Gasteiger partial charge is 0.219 e. The minimum atomic E-state index is 0.178. The number of aliphatic imine (C=N–C) groups is 1. The molecule has 0 spiro atoms. The minimum absolute atomic E-state index is 0.178. The van der Waals surface area contributed by atoms with Crippen LogP contribution in [0.2, 0.25) is 0 Å². The molecule has 0 radical (unpaired) electrons. The van der Waals surface area contributed by atoms with E-state index in [2.05, 4.69) is 14.8 Å². The number of amides is 1. The Balaban J connectivity index is 1.66. The predicted molar refractivity (Wildman–Crippen MR) is 80.6 cm³/mol. The van der Waals surface area contributed by atoms with Gasteiger partial charge in [0.1, 0.15) is 0 Å². The summed E-state index contributed by atoms with van der Waals surface area (Å²) in [6.07, 6.45) is 3.76. The first-order valence-corrected chi connectivity index (χ1v) is 7.69. The largest absolute Gasteiger partial charge is 0.370 e. The first-order valence-electron chi connectivity index (χ1n) is 7.69. The second-order valence-electron chi connectivity index (χ2n) is 5.64. The summed E-state index contributed by atoms with van der Waals surface area (Å²) in [5.41, 5.74) is 6.03. The standard InChI is InChI=1S/C14H27N5O/c1-13(20)18-11-9-17(10-12-18)8-5-16-14(15)19-6-3-2-4-7-19/h2-12H2,1H3,(H2,15,16). The Morgan fingerprint density at radius 1 is 1.00 bits per heavy atom. The van der Waals surface area contributed by atoms with E-state index in [0.717, 1.165) is 52.4 Å². The van der Waals surface area contributed by atoms with E-state index < -0.39 is 0 Å². The number of nitrogens with zero attached hydrogens (tertiary/aromatic N) is 4. The maximum Gasteiger partial charge on any atom is 0.219 e. The SMILES string of the molecule is CC(=O)N1CCN(CCN=C(N)N2CCCCC2)CC1. The third-order valence-corrected chi connectivity index (χ3v) is 4.19. The van der Waals surface area contributed by atoms with Gasteiger partial charge in [-0.05, 0) is 19.3 Å². The van der Waals surface area contributed by atoms with Crippen LogP contribution < -0.4 is 5.73 Å². The van der Waals surface area contributed by atoms with Crippen molar-refractivity contribution in [2.24, 2.45) is 10.7 Å². The van der Waals surface area contributed by atoms with Gasteiger partial charge in [0, 0.05) is 52.7 Å². The van der Waals surface area contributed by atoms with E-state index in [1.807, 2.05) is 4.90 Å². The zero-order valence-corrected chi connectivity index (χ0v) is 12.6. The molecule has 2 aliphatic heterocycles. The first kappa shape index (κ1) is 15.1. The fraction of sp³-hybridized carbons (Fsp3) is 0.857. The van der Waals surface area contributed by atoms with Crippen LogP contribution in [0, 0.1) is 0 Å². The number of likely N-dealkylation sites (tertiary alicyclic amines) is 1. The topological polar surface area (TPSA) is 65.2 Å². The van der Waals surface area contributed by atoms with Gasteiger partial charge in [-0.25, -0.2) is 0 Å². The molecule has 2 rings (SSSR count). The van der Waals surface area contributed by atoms with Crippen molar-refractivity contribution >= 4 is 11.9 Å². The summed E-state index contributed by atoms with van der Waals surface area (Å²) >= 11 is 0. The highest BCUT2D eigenvalue weighted by Crippen LogP contribution is 2.08. The van der Waals surface area contributed by atoms with Crippen LogP contribution in [0.5, 0.6) is 0 Å². The van der Waals surface area contributed by atoms with Gasteiger partial charge < -0.3 is 15.5 Å². The fourth-order valence-electron chi connectivity index (χ4n) is 2.82. The third kappa shape index (κ3) is 4.37. The van der Waals surface area contributed by atoms with Crippen molar-refractivity contribution in [3.8, 4) is 0 Å². The van der Waals surface area contributed by atoms with E-state index in [-0.39, 0.29) is 5.91 Å². The predicted octanol–water partition coefficient (Wildman–Crippen LogP) is -0.0489. The van der Waals surface area contributed by atoms with Crippen molar-refractivity contribution in [3.05, 3.63) is 0 Å². The van der Waals surface area contributed by atoms with Gasteiger partial charge in [0.25, 0.3) is 0 Å². The lowest BCUT2D eigenvalue weighted by atomic mass is 10.1. The lowest BCUT2D eigenvalue weighted by Crippen LogP contribution is -2.48. The van der Waals surface area contributed by atoms with Gasteiger partial charge >= 0.3 is 0 Å². The Hall–Kier alpha value is -1.30. The van der Waals surface area contributed by atoms with Gasteiger partial charge in [0.2, 0.25) is 5.91 Å². The molecule has 6 nitrogen and oxygen atoms in total. The van der Waals surface area contributed by atoms with Crippen molar-refractivity contribution in [3.63, 3.8) is 0 Å². The van der Waals surface area contributed by atoms with Crippen LogP contribution in [0.25, 0.3) is 0 Å². The molecular formula is C14H27N5O. The van der Waals surface area contributed by atoms with Gasteiger partial charge in [-0.15, -0.1) is 0 Å². The molecule has 2 N–H and O–H groups in total. The van der Waals surface area contributed by atoms with E-state index in [0.29, 0.717) is 5.96 Å². The number of piperidine rings is 1. The number of nitrogens with two attached hydrogens (primary N) is 1. The Morgan fingerprint density at radius 3 is 2.25 bits per heavy atom. The summed E-state index contributed by atoms with van der Waals surface area (Å²) in [4.78, 5) is 22.2. The Labute approximate surface area is 121 Å². The monoisotopic (exact) mass is 281 g/mol. The van der Waals surface area contributed by atoms with Gasteiger partial charge in [-0.1, -0.05) is 0 Å². The summed E-state index contributed by atoms with van der Waals surface area (Å²) in [6, 6.07) is 0. The number of carbonyl (C=O) groups is 1. The second-order valence-corrected chi connectivity index (χ2v) is 5.64. The van der Waals surface area contributed by atoms with Crippen molar-refractivity contribution < 1.29 is 4.79 Å². The number of carbonyl (C=O) groups excluding carboxylic acids is 1. The molecule has 20 heavy (non-hydrogen) atoms. The summed E-state index contributed by atoms with van der Waals surface area (Å²) in [7, 11) is 0. The molecule has 0 aromatic rings. The average Bonchev–Trinajstić information content (AvgIpc) is 2.48. The van der Waals surface area contributed by atoms with E-state index in [1.54, 1.807) is 6.92 Å². The highest BCUT2D eigenvalue weighted by atomic mass is 16.2. The van der Waals surface area contributed by atoms with E-state index >= 15 is 0 Å². The molecule has 0 bridgehead atoms. The van der Waals surface area contributed by atoms with E-state index in [1.165, 1.54) is 19.3 Å². The number of hydrogen-bond acceptors (Lipinski definition) is 3. The average molecular weight is 281 g/mol. The molecule has 2 fully saturated rings. The van der Waals surface area contributed by atoms with Crippen molar-refractivity contribution in [1.82, 2.24) is 14.7 Å². The second kappa shape index (κ2) is 7.47. The zero-order chi connectivity index (χ0) is 14.4. The zero-order valence-electron chi connectivity index (χ0n) is 12.6. The molecule has 2 heterocycles.